The summed E-state index contributed by atoms with van der Waals surface area (Å²) in [4.78, 5) is 2.44. The minimum atomic E-state index is 0.496. The number of benzene rings is 1. The molecule has 3 heterocycles. The second kappa shape index (κ2) is 7.60. The summed E-state index contributed by atoms with van der Waals surface area (Å²) in [6.45, 7) is 9.82. The predicted octanol–water partition coefficient (Wildman–Crippen LogP) is 3.22. The van der Waals surface area contributed by atoms with Crippen molar-refractivity contribution in [3.8, 4) is 11.6 Å². The molecule has 0 aliphatic carbocycles. The van der Waals surface area contributed by atoms with E-state index in [-0.39, 0.29) is 0 Å². The molecule has 0 unspecified atom stereocenters. The zero-order chi connectivity index (χ0) is 17.9. The van der Waals surface area contributed by atoms with Crippen molar-refractivity contribution in [1.29, 1.82) is 0 Å². The Morgan fingerprint density at radius 1 is 1.08 bits per heavy atom. The zero-order valence-corrected chi connectivity index (χ0v) is 15.5. The van der Waals surface area contributed by atoms with E-state index in [9.17, 15) is 0 Å². The van der Waals surface area contributed by atoms with Gasteiger partial charge in [0.2, 0.25) is 5.89 Å². The third kappa shape index (κ3) is 3.66. The molecule has 26 heavy (non-hydrogen) atoms. The Balaban J connectivity index is 1.63. The monoisotopic (exact) mass is 354 g/mol. The molecule has 1 fully saturated rings. The van der Waals surface area contributed by atoms with Crippen LogP contribution < -0.4 is 0 Å². The van der Waals surface area contributed by atoms with Crippen LogP contribution in [-0.2, 0) is 17.7 Å². The van der Waals surface area contributed by atoms with Gasteiger partial charge in [-0.1, -0.05) is 32.0 Å². The van der Waals surface area contributed by atoms with Crippen LogP contribution in [0.2, 0.25) is 0 Å². The molecule has 1 aliphatic heterocycles. The summed E-state index contributed by atoms with van der Waals surface area (Å²) in [5, 5.41) is 9.76. The minimum Gasteiger partial charge on any atom is -0.419 e. The molecule has 2 aromatic heterocycles. The van der Waals surface area contributed by atoms with Gasteiger partial charge in [-0.05, 0) is 18.1 Å². The SMILES string of the molecule is CC(C)Cc1nnc(-c2cc3ccccc3n2CCN2CCOCC2)o1. The second-order valence-electron chi connectivity index (χ2n) is 7.29. The molecule has 3 aromatic rings. The molecular weight excluding hydrogens is 328 g/mol. The summed E-state index contributed by atoms with van der Waals surface area (Å²) < 4.78 is 13.7. The van der Waals surface area contributed by atoms with Crippen molar-refractivity contribution < 1.29 is 9.15 Å². The first-order valence-corrected chi connectivity index (χ1v) is 9.42. The summed E-state index contributed by atoms with van der Waals surface area (Å²) in [6, 6.07) is 10.6. The van der Waals surface area contributed by atoms with Gasteiger partial charge in [-0.2, -0.15) is 0 Å². The third-order valence-corrected chi connectivity index (χ3v) is 4.82. The first-order valence-electron chi connectivity index (χ1n) is 9.42. The fourth-order valence-corrected chi connectivity index (χ4v) is 3.48. The van der Waals surface area contributed by atoms with Crippen molar-refractivity contribution in [1.82, 2.24) is 19.7 Å². The summed E-state index contributed by atoms with van der Waals surface area (Å²) in [6.07, 6.45) is 0.807. The van der Waals surface area contributed by atoms with Gasteiger partial charge in [-0.15, -0.1) is 10.2 Å². The van der Waals surface area contributed by atoms with E-state index in [1.807, 2.05) is 0 Å². The van der Waals surface area contributed by atoms with Gasteiger partial charge in [0.25, 0.3) is 5.89 Å². The molecule has 6 nitrogen and oxygen atoms in total. The lowest BCUT2D eigenvalue weighted by molar-refractivity contribution is 0.0366. The van der Waals surface area contributed by atoms with Crippen molar-refractivity contribution in [2.45, 2.75) is 26.8 Å². The Hall–Kier alpha value is -2.18. The quantitative estimate of drug-likeness (QED) is 0.680. The fraction of sp³-hybridized carbons (Fsp3) is 0.500. The lowest BCUT2D eigenvalue weighted by Crippen LogP contribution is -2.38. The first-order chi connectivity index (χ1) is 12.7. The standard InChI is InChI=1S/C20H26N4O2/c1-15(2)13-19-21-22-20(26-19)18-14-16-5-3-4-6-17(16)24(18)8-7-23-9-11-25-12-10-23/h3-6,14-15H,7-13H2,1-2H3. The molecule has 1 aromatic carbocycles. The van der Waals surface area contributed by atoms with E-state index in [1.54, 1.807) is 0 Å². The van der Waals surface area contributed by atoms with Crippen LogP contribution in [0.25, 0.3) is 22.5 Å². The van der Waals surface area contributed by atoms with Crippen LogP contribution in [0.5, 0.6) is 0 Å². The van der Waals surface area contributed by atoms with Crippen LogP contribution in [0.1, 0.15) is 19.7 Å². The summed E-state index contributed by atoms with van der Waals surface area (Å²) in [5.41, 5.74) is 2.21. The molecule has 138 valence electrons. The van der Waals surface area contributed by atoms with Crippen molar-refractivity contribution >= 4 is 10.9 Å². The van der Waals surface area contributed by atoms with Crippen LogP contribution >= 0.6 is 0 Å². The van der Waals surface area contributed by atoms with Gasteiger partial charge in [-0.3, -0.25) is 4.90 Å². The van der Waals surface area contributed by atoms with Crippen LogP contribution in [0.15, 0.2) is 34.7 Å². The molecule has 1 aliphatic rings. The Morgan fingerprint density at radius 2 is 1.88 bits per heavy atom. The van der Waals surface area contributed by atoms with Gasteiger partial charge in [0.05, 0.1) is 13.2 Å². The number of nitrogens with zero attached hydrogens (tertiary/aromatic N) is 4. The molecular formula is C20H26N4O2. The highest BCUT2D eigenvalue weighted by Gasteiger charge is 2.18. The smallest absolute Gasteiger partial charge is 0.264 e. The van der Waals surface area contributed by atoms with E-state index in [0.29, 0.717) is 17.7 Å². The van der Waals surface area contributed by atoms with E-state index in [2.05, 4.69) is 63.8 Å². The zero-order valence-electron chi connectivity index (χ0n) is 15.5. The maximum atomic E-state index is 5.97. The summed E-state index contributed by atoms with van der Waals surface area (Å²) >= 11 is 0. The van der Waals surface area contributed by atoms with E-state index >= 15 is 0 Å². The summed E-state index contributed by atoms with van der Waals surface area (Å²) in [7, 11) is 0. The fourth-order valence-electron chi connectivity index (χ4n) is 3.48. The lowest BCUT2D eigenvalue weighted by atomic mass is 10.1. The molecule has 4 rings (SSSR count). The lowest BCUT2D eigenvalue weighted by Gasteiger charge is -2.27. The average Bonchev–Trinajstić information content (AvgIpc) is 3.24. The number of fused-ring (bicyclic) bond motifs is 1. The van der Waals surface area contributed by atoms with E-state index in [1.165, 1.54) is 10.9 Å². The van der Waals surface area contributed by atoms with Gasteiger partial charge < -0.3 is 13.7 Å². The molecule has 0 spiro atoms. The molecule has 0 atom stereocenters. The van der Waals surface area contributed by atoms with Gasteiger partial charge in [0.1, 0.15) is 5.69 Å². The third-order valence-electron chi connectivity index (χ3n) is 4.82. The first kappa shape index (κ1) is 17.2. The number of hydrogen-bond acceptors (Lipinski definition) is 5. The highest BCUT2D eigenvalue weighted by atomic mass is 16.5. The molecule has 0 amide bonds. The van der Waals surface area contributed by atoms with Crippen LogP contribution in [0.3, 0.4) is 0 Å². The topological polar surface area (TPSA) is 56.3 Å². The predicted molar refractivity (Wildman–Crippen MR) is 101 cm³/mol. The van der Waals surface area contributed by atoms with E-state index in [0.717, 1.165) is 51.5 Å². The van der Waals surface area contributed by atoms with Gasteiger partial charge in [0, 0.05) is 43.5 Å². The average molecular weight is 354 g/mol. The molecule has 0 saturated carbocycles. The van der Waals surface area contributed by atoms with Crippen LogP contribution in [0.4, 0.5) is 0 Å². The van der Waals surface area contributed by atoms with Crippen LogP contribution in [-0.4, -0.2) is 52.5 Å². The number of rotatable bonds is 6. The molecule has 0 bridgehead atoms. The number of aromatic nitrogens is 3. The van der Waals surface area contributed by atoms with Gasteiger partial charge >= 0.3 is 0 Å². The van der Waals surface area contributed by atoms with E-state index in [4.69, 9.17) is 9.15 Å². The number of morpholine rings is 1. The number of hydrogen-bond donors (Lipinski definition) is 0. The molecule has 6 heteroatoms. The van der Waals surface area contributed by atoms with Crippen molar-refractivity contribution in [2.24, 2.45) is 5.92 Å². The van der Waals surface area contributed by atoms with Gasteiger partial charge in [0.15, 0.2) is 0 Å². The maximum Gasteiger partial charge on any atom is 0.264 e. The Morgan fingerprint density at radius 3 is 2.69 bits per heavy atom. The maximum absolute atomic E-state index is 5.97. The van der Waals surface area contributed by atoms with Gasteiger partial charge in [-0.25, -0.2) is 0 Å². The Kier molecular flexibility index (Phi) is 5.04. The van der Waals surface area contributed by atoms with Crippen molar-refractivity contribution in [3.63, 3.8) is 0 Å². The van der Waals surface area contributed by atoms with Crippen LogP contribution in [0, 0.1) is 5.92 Å². The second-order valence-corrected chi connectivity index (χ2v) is 7.29. The van der Waals surface area contributed by atoms with E-state index < -0.39 is 0 Å². The summed E-state index contributed by atoms with van der Waals surface area (Å²) in [5.74, 6) is 1.81. The Bertz CT molecular complexity index is 862. The molecule has 0 N–H and O–H groups in total. The highest BCUT2D eigenvalue weighted by molar-refractivity contribution is 5.85. The minimum absolute atomic E-state index is 0.496. The molecule has 1 saturated heterocycles. The molecule has 0 radical (unpaired) electrons. The largest absolute Gasteiger partial charge is 0.419 e. The highest BCUT2D eigenvalue weighted by Crippen LogP contribution is 2.28. The normalized spacial score (nSPS) is 16.0. The van der Waals surface area contributed by atoms with Crippen molar-refractivity contribution in [2.75, 3.05) is 32.8 Å². The number of ether oxygens (including phenoxy) is 1. The Labute approximate surface area is 153 Å². The van der Waals surface area contributed by atoms with Crippen molar-refractivity contribution in [3.05, 3.63) is 36.2 Å². The number of para-hydroxylation sites is 1.